The second kappa shape index (κ2) is 12.3. The second-order valence-electron chi connectivity index (χ2n) is 9.90. The number of nitrogens with zero attached hydrogens (tertiary/aromatic N) is 7. The van der Waals surface area contributed by atoms with Crippen LogP contribution in [0.15, 0.2) is 23.8 Å². The molecule has 8 N–H and O–H groups in total. The van der Waals surface area contributed by atoms with Gasteiger partial charge in [-0.05, 0) is 0 Å². The molecular formula is C21H27N10O12P2+. The maximum Gasteiger partial charge on any atom is 0.697 e. The standard InChI is InChI=1S/C21H26N10O12P2/c1-38-45(36,37)40-4-10-14(13(33)20(42-10)30-6-26-11-15(22)24-5-25-16(11)30)43-44(35)39-3-8-2-9(32)19(41-8)31-7-27-12-17(31)28-21(23)29-18(12)34/h5-10,13-14,19-20,32-33H,2-4H2,1H3,(H5-,22,23,24,25,28,29,34,36,37)/p+1/t8-,9+,10+,13+,14+,19+,20+/m0/s1. The van der Waals surface area contributed by atoms with Crippen LogP contribution in [0.5, 0.6) is 0 Å². The molecular weight excluding hydrogens is 646 g/mol. The molecule has 6 rings (SSSR count). The van der Waals surface area contributed by atoms with Gasteiger partial charge in [0.2, 0.25) is 5.95 Å². The van der Waals surface area contributed by atoms with Crippen molar-refractivity contribution in [1.82, 2.24) is 39.0 Å². The third-order valence-corrected chi connectivity index (χ3v) is 8.78. The third-order valence-electron chi connectivity index (χ3n) is 7.07. The lowest BCUT2D eigenvalue weighted by molar-refractivity contribution is -0.0518. The van der Waals surface area contributed by atoms with Crippen LogP contribution in [0.3, 0.4) is 0 Å². The van der Waals surface area contributed by atoms with Crippen LogP contribution in [-0.2, 0) is 36.7 Å². The van der Waals surface area contributed by atoms with Crippen molar-refractivity contribution < 1.29 is 51.8 Å². The van der Waals surface area contributed by atoms with Crippen LogP contribution in [-0.4, -0.2) is 105 Å². The Labute approximate surface area is 251 Å². The molecule has 0 amide bonds. The normalized spacial score (nSPS) is 28.6. The highest BCUT2D eigenvalue weighted by molar-refractivity contribution is 7.47. The van der Waals surface area contributed by atoms with Gasteiger partial charge in [-0.1, -0.05) is 0 Å². The van der Waals surface area contributed by atoms with Gasteiger partial charge in [-0.25, -0.2) is 24.5 Å². The van der Waals surface area contributed by atoms with Crippen LogP contribution in [0.25, 0.3) is 22.3 Å². The van der Waals surface area contributed by atoms with Crippen LogP contribution < -0.4 is 17.0 Å². The molecule has 2 unspecified atom stereocenters. The van der Waals surface area contributed by atoms with Crippen molar-refractivity contribution in [3.63, 3.8) is 0 Å². The fraction of sp³-hybridized carbons (Fsp3) is 0.524. The van der Waals surface area contributed by atoms with Crippen LogP contribution in [0.4, 0.5) is 11.8 Å². The van der Waals surface area contributed by atoms with E-state index in [0.717, 1.165) is 7.11 Å². The fourth-order valence-corrected chi connectivity index (χ4v) is 6.23. The summed E-state index contributed by atoms with van der Waals surface area (Å²) in [6, 6.07) is 0. The zero-order valence-electron chi connectivity index (χ0n) is 23.1. The molecule has 2 aliphatic rings. The predicted molar refractivity (Wildman–Crippen MR) is 148 cm³/mol. The molecule has 4 aromatic rings. The van der Waals surface area contributed by atoms with E-state index in [2.05, 4.69) is 34.4 Å². The molecule has 2 saturated heterocycles. The topological polar surface area (TPSA) is 309 Å². The number of nitrogen functional groups attached to an aromatic ring is 2. The van der Waals surface area contributed by atoms with Crippen LogP contribution >= 0.6 is 16.1 Å². The number of phosphoric acid groups is 1. The summed E-state index contributed by atoms with van der Waals surface area (Å²) < 4.78 is 59.4. The Hall–Kier alpha value is -3.53. The lowest BCUT2D eigenvalue weighted by Gasteiger charge is -2.17. The number of aromatic amines is 1. The molecule has 24 heteroatoms. The number of aliphatic hydroxyl groups is 2. The number of rotatable bonds is 11. The molecule has 0 aromatic carbocycles. The van der Waals surface area contributed by atoms with Gasteiger partial charge in [0, 0.05) is 18.1 Å². The van der Waals surface area contributed by atoms with E-state index in [1.54, 1.807) is 0 Å². The molecule has 0 bridgehead atoms. The van der Waals surface area contributed by atoms with E-state index in [1.165, 1.54) is 28.1 Å². The first kappa shape index (κ1) is 31.5. The van der Waals surface area contributed by atoms with E-state index in [4.69, 9.17) is 34.5 Å². The van der Waals surface area contributed by atoms with Gasteiger partial charge in [-0.2, -0.15) is 4.98 Å². The van der Waals surface area contributed by atoms with Crippen molar-refractivity contribution >= 4 is 50.2 Å². The van der Waals surface area contributed by atoms with Gasteiger partial charge in [0.1, 0.15) is 36.8 Å². The molecule has 45 heavy (non-hydrogen) atoms. The highest BCUT2D eigenvalue weighted by Crippen LogP contribution is 2.45. The molecule has 242 valence electrons. The number of hydrogen-bond acceptors (Lipinski definition) is 18. The van der Waals surface area contributed by atoms with Crippen molar-refractivity contribution in [1.29, 1.82) is 0 Å². The number of phosphoric ester groups is 1. The Balaban J connectivity index is 1.13. The third kappa shape index (κ3) is 6.18. The van der Waals surface area contributed by atoms with E-state index < -0.39 is 71.2 Å². The first-order chi connectivity index (χ1) is 21.5. The highest BCUT2D eigenvalue weighted by atomic mass is 31.2. The first-order valence-electron chi connectivity index (χ1n) is 13.1. The number of fused-ring (bicyclic) bond motifs is 2. The second-order valence-corrected chi connectivity index (χ2v) is 12.4. The molecule has 0 spiro atoms. The number of nitrogens with one attached hydrogen (secondary N) is 1. The summed E-state index contributed by atoms with van der Waals surface area (Å²) >= 11 is 0. The monoisotopic (exact) mass is 673 g/mol. The summed E-state index contributed by atoms with van der Waals surface area (Å²) in [5.41, 5.74) is 11.4. The number of aliphatic hydroxyl groups excluding tert-OH is 2. The van der Waals surface area contributed by atoms with Gasteiger partial charge in [-0.3, -0.25) is 28.0 Å². The number of aromatic nitrogens is 8. The molecule has 2 fully saturated rings. The zero-order valence-corrected chi connectivity index (χ0v) is 24.9. The maximum atomic E-state index is 12.9. The molecule has 6 heterocycles. The molecule has 0 aliphatic carbocycles. The average Bonchev–Trinajstić information content (AvgIpc) is 3.77. The minimum Gasteiger partial charge on any atom is -0.388 e. The van der Waals surface area contributed by atoms with Crippen LogP contribution in [0.1, 0.15) is 18.9 Å². The average molecular weight is 673 g/mol. The SMILES string of the molecule is COP(=O)(O)OC[C@H]1O[C@@H](n2cnc3c(N)ncnc32)[C@H](O)[C@@H]1O[P+](=O)OC[C@@H]1C[C@@H](O)[C@H](n2cnc3c(=O)[nH]c(N)nc32)O1. The van der Waals surface area contributed by atoms with E-state index >= 15 is 0 Å². The smallest absolute Gasteiger partial charge is 0.388 e. The summed E-state index contributed by atoms with van der Waals surface area (Å²) in [7, 11) is -6.47. The van der Waals surface area contributed by atoms with Gasteiger partial charge in [0.25, 0.3) is 5.56 Å². The Morgan fingerprint density at radius 2 is 1.82 bits per heavy atom. The van der Waals surface area contributed by atoms with E-state index in [0.29, 0.717) is 0 Å². The molecule has 4 aromatic heterocycles. The van der Waals surface area contributed by atoms with Crippen molar-refractivity contribution in [2.45, 2.75) is 49.4 Å². The maximum absolute atomic E-state index is 12.9. The molecule has 22 nitrogen and oxygen atoms in total. The molecule has 9 atom stereocenters. The lowest BCUT2D eigenvalue weighted by atomic mass is 10.1. The number of imidazole rings is 2. The Bertz CT molecular complexity index is 1840. The van der Waals surface area contributed by atoms with Gasteiger partial charge < -0.3 is 36.0 Å². The Morgan fingerprint density at radius 1 is 1.09 bits per heavy atom. The number of anilines is 2. The summed E-state index contributed by atoms with van der Waals surface area (Å²) in [5, 5.41) is 21.8. The lowest BCUT2D eigenvalue weighted by Crippen LogP contribution is -2.35. The van der Waals surface area contributed by atoms with Crippen molar-refractivity contribution in [3.05, 3.63) is 29.3 Å². The minimum atomic E-state index is -4.47. The van der Waals surface area contributed by atoms with Gasteiger partial charge >= 0.3 is 16.1 Å². The fourth-order valence-electron chi connectivity index (χ4n) is 4.98. The van der Waals surface area contributed by atoms with E-state index in [9.17, 15) is 29.0 Å². The van der Waals surface area contributed by atoms with E-state index in [-0.39, 0.29) is 47.1 Å². The van der Waals surface area contributed by atoms with Crippen molar-refractivity contribution in [3.8, 4) is 0 Å². The van der Waals surface area contributed by atoms with Gasteiger partial charge in [0.15, 0.2) is 41.2 Å². The van der Waals surface area contributed by atoms with Crippen molar-refractivity contribution in [2.75, 3.05) is 31.8 Å². The number of hydrogen-bond donors (Lipinski definition) is 6. The molecule has 0 radical (unpaired) electrons. The number of nitrogens with two attached hydrogens (primary N) is 2. The number of ether oxygens (including phenoxy) is 2. The van der Waals surface area contributed by atoms with E-state index in [1.807, 2.05) is 0 Å². The highest BCUT2D eigenvalue weighted by Gasteiger charge is 2.52. The number of H-pyrrole nitrogens is 1. The van der Waals surface area contributed by atoms with Gasteiger partial charge in [0.05, 0.1) is 25.4 Å². The predicted octanol–water partition coefficient (Wildman–Crippen LogP) is -1.15. The van der Waals surface area contributed by atoms with Crippen molar-refractivity contribution in [2.24, 2.45) is 0 Å². The largest absolute Gasteiger partial charge is 0.697 e. The Kier molecular flexibility index (Phi) is 8.63. The van der Waals surface area contributed by atoms with Gasteiger partial charge in [-0.15, -0.1) is 9.05 Å². The Morgan fingerprint density at radius 3 is 2.58 bits per heavy atom. The summed E-state index contributed by atoms with van der Waals surface area (Å²) in [4.78, 5) is 44.3. The summed E-state index contributed by atoms with van der Waals surface area (Å²) in [5.74, 6) is -0.0732. The van der Waals surface area contributed by atoms with Crippen LogP contribution in [0.2, 0.25) is 0 Å². The zero-order chi connectivity index (χ0) is 32.0. The minimum absolute atomic E-state index is 0.00647. The first-order valence-corrected chi connectivity index (χ1v) is 15.7. The quantitative estimate of drug-likeness (QED) is 0.102. The summed E-state index contributed by atoms with van der Waals surface area (Å²) in [6.45, 7) is -0.940. The van der Waals surface area contributed by atoms with Crippen LogP contribution in [0, 0.1) is 0 Å². The molecule has 0 saturated carbocycles. The summed E-state index contributed by atoms with van der Waals surface area (Å²) in [6.07, 6.45) is -4.54. The molecule has 2 aliphatic heterocycles.